The second-order valence-electron chi connectivity index (χ2n) is 7.04. The minimum Gasteiger partial charge on any atom is -0.334 e. The second kappa shape index (κ2) is 6.30. The Balaban J connectivity index is 1.58. The number of imidazole rings is 1. The van der Waals surface area contributed by atoms with Crippen molar-refractivity contribution in [3.05, 3.63) is 65.5 Å². The van der Waals surface area contributed by atoms with Gasteiger partial charge < -0.3 is 9.47 Å². The highest BCUT2D eigenvalue weighted by Gasteiger charge is 2.35. The first-order chi connectivity index (χ1) is 12.6. The summed E-state index contributed by atoms with van der Waals surface area (Å²) in [6, 6.07) is 17.4. The molecule has 5 nitrogen and oxygen atoms in total. The molecule has 0 spiro atoms. The molecule has 1 aromatic heterocycles. The molecule has 1 amide bonds. The lowest BCUT2D eigenvalue weighted by atomic mass is 10.0. The van der Waals surface area contributed by atoms with E-state index in [4.69, 9.17) is 10.2 Å². The highest BCUT2D eigenvalue weighted by molar-refractivity contribution is 5.95. The van der Waals surface area contributed by atoms with Gasteiger partial charge in [0.15, 0.2) is 0 Å². The molecule has 1 saturated heterocycles. The summed E-state index contributed by atoms with van der Waals surface area (Å²) in [4.78, 5) is 19.3. The molecule has 4 rings (SSSR count). The molecule has 0 radical (unpaired) electrons. The van der Waals surface area contributed by atoms with Crippen molar-refractivity contribution < 1.29 is 4.79 Å². The van der Waals surface area contributed by atoms with Gasteiger partial charge >= 0.3 is 0 Å². The lowest BCUT2D eigenvalue weighted by Crippen LogP contribution is -2.51. The van der Waals surface area contributed by atoms with E-state index in [1.54, 1.807) is 24.3 Å². The van der Waals surface area contributed by atoms with Crippen molar-refractivity contribution in [2.45, 2.75) is 25.8 Å². The molecular weight excluding hydrogens is 324 g/mol. The normalized spacial score (nSPS) is 14.5. The standard InChI is InChI=1S/C21H20N4O/c1-14(2)20-23-18-8-3-4-9-19(18)25(20)17-12-24(13-17)21(26)16-7-5-6-15(10-16)11-22/h3-10,14,17H,12-13H2,1-2H3. The molecule has 0 atom stereocenters. The number of likely N-dealkylation sites (tertiary alicyclic amines) is 1. The van der Waals surface area contributed by atoms with Crippen LogP contribution >= 0.6 is 0 Å². The van der Waals surface area contributed by atoms with Crippen LogP contribution in [-0.2, 0) is 0 Å². The fourth-order valence-electron chi connectivity index (χ4n) is 3.54. The predicted molar refractivity (Wildman–Crippen MR) is 99.9 cm³/mol. The minimum absolute atomic E-state index is 0.0196. The zero-order chi connectivity index (χ0) is 18.3. The van der Waals surface area contributed by atoms with Crippen LogP contribution in [0.4, 0.5) is 0 Å². The van der Waals surface area contributed by atoms with Crippen molar-refractivity contribution in [2.75, 3.05) is 13.1 Å². The average molecular weight is 344 g/mol. The Morgan fingerprint density at radius 3 is 2.69 bits per heavy atom. The minimum atomic E-state index is -0.0196. The van der Waals surface area contributed by atoms with Crippen LogP contribution in [0.2, 0.25) is 0 Å². The summed E-state index contributed by atoms with van der Waals surface area (Å²) in [6.45, 7) is 5.62. The number of para-hydroxylation sites is 2. The van der Waals surface area contributed by atoms with Crippen molar-refractivity contribution >= 4 is 16.9 Å². The van der Waals surface area contributed by atoms with Crippen LogP contribution in [-0.4, -0.2) is 33.4 Å². The van der Waals surface area contributed by atoms with Gasteiger partial charge in [0.2, 0.25) is 0 Å². The predicted octanol–water partition coefficient (Wildman–Crippen LogP) is 3.73. The van der Waals surface area contributed by atoms with E-state index in [2.05, 4.69) is 30.6 Å². The molecule has 1 aliphatic rings. The lowest BCUT2D eigenvalue weighted by Gasteiger charge is -2.41. The molecule has 0 unspecified atom stereocenters. The largest absolute Gasteiger partial charge is 0.334 e. The molecule has 0 bridgehead atoms. The van der Waals surface area contributed by atoms with E-state index in [-0.39, 0.29) is 11.9 Å². The van der Waals surface area contributed by atoms with Crippen molar-refractivity contribution in [1.29, 1.82) is 5.26 Å². The second-order valence-corrected chi connectivity index (χ2v) is 7.04. The van der Waals surface area contributed by atoms with Crippen LogP contribution in [0, 0.1) is 11.3 Å². The first-order valence-electron chi connectivity index (χ1n) is 8.85. The first-order valence-corrected chi connectivity index (χ1v) is 8.85. The number of carbonyl (C=O) groups excluding carboxylic acids is 1. The molecule has 0 N–H and O–H groups in total. The topological polar surface area (TPSA) is 61.9 Å². The average Bonchev–Trinajstić information content (AvgIpc) is 3.00. The Bertz CT molecular complexity index is 1020. The van der Waals surface area contributed by atoms with Crippen molar-refractivity contribution in [3.63, 3.8) is 0 Å². The molecule has 0 saturated carbocycles. The maximum absolute atomic E-state index is 12.7. The van der Waals surface area contributed by atoms with Crippen molar-refractivity contribution in [1.82, 2.24) is 14.5 Å². The van der Waals surface area contributed by atoms with Gasteiger partial charge in [-0.15, -0.1) is 0 Å². The van der Waals surface area contributed by atoms with Crippen molar-refractivity contribution in [3.8, 4) is 6.07 Å². The van der Waals surface area contributed by atoms with E-state index in [0.717, 1.165) is 16.9 Å². The van der Waals surface area contributed by atoms with E-state index in [1.165, 1.54) is 0 Å². The number of fused-ring (bicyclic) bond motifs is 1. The highest BCUT2D eigenvalue weighted by Crippen LogP contribution is 2.31. The van der Waals surface area contributed by atoms with Gasteiger partial charge in [-0.3, -0.25) is 4.79 Å². The molecule has 3 aromatic rings. The smallest absolute Gasteiger partial charge is 0.254 e. The van der Waals surface area contributed by atoms with Gasteiger partial charge in [-0.2, -0.15) is 5.26 Å². The van der Waals surface area contributed by atoms with Crippen LogP contribution in [0.15, 0.2) is 48.5 Å². The molecule has 0 aliphatic carbocycles. The molecule has 2 heterocycles. The summed E-state index contributed by atoms with van der Waals surface area (Å²) in [5, 5.41) is 9.02. The zero-order valence-corrected chi connectivity index (χ0v) is 14.9. The molecule has 1 aliphatic heterocycles. The lowest BCUT2D eigenvalue weighted by molar-refractivity contribution is 0.0521. The summed E-state index contributed by atoms with van der Waals surface area (Å²) < 4.78 is 2.29. The van der Waals surface area contributed by atoms with Crippen LogP contribution in [0.3, 0.4) is 0 Å². The SMILES string of the molecule is CC(C)c1nc2ccccc2n1C1CN(C(=O)c2cccc(C#N)c2)C1. The van der Waals surface area contributed by atoms with Gasteiger partial charge in [0.1, 0.15) is 5.82 Å². The van der Waals surface area contributed by atoms with E-state index in [9.17, 15) is 4.79 Å². The fourth-order valence-corrected chi connectivity index (χ4v) is 3.54. The molecule has 130 valence electrons. The van der Waals surface area contributed by atoms with E-state index >= 15 is 0 Å². The van der Waals surface area contributed by atoms with Gasteiger partial charge in [0.05, 0.1) is 28.7 Å². The quantitative estimate of drug-likeness (QED) is 0.727. The van der Waals surface area contributed by atoms with E-state index in [0.29, 0.717) is 30.1 Å². The summed E-state index contributed by atoms with van der Waals surface area (Å²) in [5.74, 6) is 1.36. The number of benzene rings is 2. The zero-order valence-electron chi connectivity index (χ0n) is 14.9. The highest BCUT2D eigenvalue weighted by atomic mass is 16.2. The van der Waals surface area contributed by atoms with Crippen LogP contribution < -0.4 is 0 Å². The number of nitrogens with zero attached hydrogens (tertiary/aromatic N) is 4. The molecule has 1 fully saturated rings. The summed E-state index contributed by atoms with van der Waals surface area (Å²) >= 11 is 0. The Morgan fingerprint density at radius 1 is 1.19 bits per heavy atom. The van der Waals surface area contributed by atoms with Crippen LogP contribution in [0.25, 0.3) is 11.0 Å². The number of hydrogen-bond acceptors (Lipinski definition) is 3. The number of nitriles is 1. The Labute approximate surface area is 152 Å². The Hall–Kier alpha value is -3.13. The van der Waals surface area contributed by atoms with Gasteiger partial charge in [0.25, 0.3) is 5.91 Å². The third-order valence-corrected chi connectivity index (χ3v) is 4.89. The van der Waals surface area contributed by atoms with Gasteiger partial charge in [0, 0.05) is 24.6 Å². The van der Waals surface area contributed by atoms with E-state index < -0.39 is 0 Å². The molecule has 2 aromatic carbocycles. The van der Waals surface area contributed by atoms with Crippen LogP contribution in [0.5, 0.6) is 0 Å². The third-order valence-electron chi connectivity index (χ3n) is 4.89. The summed E-state index contributed by atoms with van der Waals surface area (Å²) in [6.07, 6.45) is 0. The molecule has 5 heteroatoms. The summed E-state index contributed by atoms with van der Waals surface area (Å²) in [5.41, 5.74) is 3.21. The Kier molecular flexibility index (Phi) is 3.96. The fraction of sp³-hybridized carbons (Fsp3) is 0.286. The third kappa shape index (κ3) is 2.64. The first kappa shape index (κ1) is 16.3. The number of rotatable bonds is 3. The number of aromatic nitrogens is 2. The van der Waals surface area contributed by atoms with E-state index in [1.807, 2.05) is 23.1 Å². The molecular formula is C21H20N4O. The maximum atomic E-state index is 12.7. The van der Waals surface area contributed by atoms with Crippen molar-refractivity contribution in [2.24, 2.45) is 0 Å². The Morgan fingerprint density at radius 2 is 1.96 bits per heavy atom. The van der Waals surface area contributed by atoms with Gasteiger partial charge in [-0.1, -0.05) is 32.0 Å². The van der Waals surface area contributed by atoms with Crippen LogP contribution in [0.1, 0.15) is 47.6 Å². The number of carbonyl (C=O) groups is 1. The summed E-state index contributed by atoms with van der Waals surface area (Å²) in [7, 11) is 0. The molecule has 26 heavy (non-hydrogen) atoms. The van der Waals surface area contributed by atoms with Gasteiger partial charge in [-0.25, -0.2) is 4.98 Å². The maximum Gasteiger partial charge on any atom is 0.254 e. The number of amides is 1. The monoisotopic (exact) mass is 344 g/mol. The number of hydrogen-bond donors (Lipinski definition) is 0. The van der Waals surface area contributed by atoms with Gasteiger partial charge in [-0.05, 0) is 30.3 Å².